The maximum Gasteiger partial charge on any atom is 0.329 e. The lowest BCUT2D eigenvalue weighted by Crippen LogP contribution is -2.45. The zero-order valence-corrected chi connectivity index (χ0v) is 8.19. The number of halogens is 1. The highest BCUT2D eigenvalue weighted by Gasteiger charge is 2.36. The van der Waals surface area contributed by atoms with E-state index in [4.69, 9.17) is 10.8 Å². The number of nitrogens with zero attached hydrogens (tertiary/aromatic N) is 1. The molecule has 1 unspecified atom stereocenters. The number of carboxylic acid groups (broad SMARTS) is 1. The fraction of sp³-hybridized carbons (Fsp3) is 0.400. The average molecular weight is 212 g/mol. The van der Waals surface area contributed by atoms with E-state index in [2.05, 4.69) is 4.98 Å². The van der Waals surface area contributed by atoms with Crippen LogP contribution in [0.5, 0.6) is 0 Å². The molecule has 0 saturated carbocycles. The third kappa shape index (κ3) is 2.50. The van der Waals surface area contributed by atoms with Gasteiger partial charge in [0.05, 0.1) is 12.4 Å². The third-order valence-corrected chi connectivity index (χ3v) is 2.21. The Kier molecular flexibility index (Phi) is 3.74. The molecule has 0 aliphatic heterocycles. The molecule has 0 radical (unpaired) electrons. The summed E-state index contributed by atoms with van der Waals surface area (Å²) in [6.07, 6.45) is 1.62. The third-order valence-electron chi connectivity index (χ3n) is 2.21. The van der Waals surface area contributed by atoms with E-state index in [1.807, 2.05) is 0 Å². The van der Waals surface area contributed by atoms with E-state index in [9.17, 15) is 9.18 Å². The van der Waals surface area contributed by atoms with Gasteiger partial charge < -0.3 is 10.8 Å². The van der Waals surface area contributed by atoms with Crippen molar-refractivity contribution in [2.24, 2.45) is 5.73 Å². The molecule has 15 heavy (non-hydrogen) atoms. The van der Waals surface area contributed by atoms with Crippen molar-refractivity contribution in [3.8, 4) is 0 Å². The normalized spacial score (nSPS) is 14.5. The summed E-state index contributed by atoms with van der Waals surface area (Å²) in [7, 11) is 0. The summed E-state index contributed by atoms with van der Waals surface area (Å²) in [4.78, 5) is 14.9. The summed E-state index contributed by atoms with van der Waals surface area (Å²) >= 11 is 0. The van der Waals surface area contributed by atoms with Gasteiger partial charge in [-0.15, -0.1) is 0 Å². The van der Waals surface area contributed by atoms with Crippen molar-refractivity contribution < 1.29 is 14.3 Å². The Morgan fingerprint density at radius 2 is 2.33 bits per heavy atom. The molecule has 1 rings (SSSR count). The van der Waals surface area contributed by atoms with Crippen LogP contribution in [0.25, 0.3) is 0 Å². The molecule has 1 heterocycles. The lowest BCUT2D eigenvalue weighted by Gasteiger charge is -2.23. The van der Waals surface area contributed by atoms with Gasteiger partial charge in [0.15, 0.2) is 5.54 Å². The molecule has 5 heteroatoms. The van der Waals surface area contributed by atoms with Crippen molar-refractivity contribution in [2.75, 3.05) is 6.67 Å². The summed E-state index contributed by atoms with van der Waals surface area (Å²) in [5, 5.41) is 9.03. The molecule has 0 fully saturated rings. The van der Waals surface area contributed by atoms with E-state index in [0.29, 0.717) is 0 Å². The van der Waals surface area contributed by atoms with E-state index in [1.54, 1.807) is 12.1 Å². The van der Waals surface area contributed by atoms with Crippen LogP contribution in [0.3, 0.4) is 0 Å². The quantitative estimate of drug-likeness (QED) is 0.765. The largest absolute Gasteiger partial charge is 0.480 e. The SMILES string of the molecule is NC(CCCF)(C(=O)O)c1ccccn1. The molecule has 0 aliphatic rings. The average Bonchev–Trinajstić information content (AvgIpc) is 2.27. The number of alkyl halides is 1. The molecule has 1 atom stereocenters. The molecule has 0 amide bonds. The predicted octanol–water partition coefficient (Wildman–Crippen LogP) is 1.07. The monoisotopic (exact) mass is 212 g/mol. The van der Waals surface area contributed by atoms with E-state index in [-0.39, 0.29) is 18.5 Å². The number of aromatic nitrogens is 1. The molecule has 1 aromatic heterocycles. The molecule has 82 valence electrons. The van der Waals surface area contributed by atoms with Crippen LogP contribution < -0.4 is 5.73 Å². The number of nitrogens with two attached hydrogens (primary N) is 1. The minimum Gasteiger partial charge on any atom is -0.480 e. The van der Waals surface area contributed by atoms with Gasteiger partial charge >= 0.3 is 5.97 Å². The number of pyridine rings is 1. The first kappa shape index (κ1) is 11.6. The minimum absolute atomic E-state index is 0.0375. The topological polar surface area (TPSA) is 76.2 Å². The molecule has 1 aromatic rings. The number of carbonyl (C=O) groups is 1. The summed E-state index contributed by atoms with van der Waals surface area (Å²) in [5.74, 6) is -1.19. The smallest absolute Gasteiger partial charge is 0.329 e. The second kappa shape index (κ2) is 4.84. The Bertz CT molecular complexity index is 331. The highest BCUT2D eigenvalue weighted by molar-refractivity contribution is 5.79. The van der Waals surface area contributed by atoms with Crippen molar-refractivity contribution in [1.82, 2.24) is 4.98 Å². The number of aliphatic carboxylic acids is 1. The molecule has 0 saturated heterocycles. The van der Waals surface area contributed by atoms with Gasteiger partial charge in [0.25, 0.3) is 0 Å². The molecule has 0 bridgehead atoms. The number of rotatable bonds is 5. The lowest BCUT2D eigenvalue weighted by molar-refractivity contribution is -0.144. The summed E-state index contributed by atoms with van der Waals surface area (Å²) in [6, 6.07) is 4.86. The highest BCUT2D eigenvalue weighted by atomic mass is 19.1. The second-order valence-electron chi connectivity index (χ2n) is 3.28. The van der Waals surface area contributed by atoms with Crippen molar-refractivity contribution in [2.45, 2.75) is 18.4 Å². The summed E-state index contributed by atoms with van der Waals surface area (Å²) in [6.45, 7) is -0.584. The van der Waals surface area contributed by atoms with Gasteiger partial charge in [-0.3, -0.25) is 9.37 Å². The van der Waals surface area contributed by atoms with Gasteiger partial charge in [0.2, 0.25) is 0 Å². The van der Waals surface area contributed by atoms with Crippen LogP contribution in [0.1, 0.15) is 18.5 Å². The molecule has 3 N–H and O–H groups in total. The molecular weight excluding hydrogens is 199 g/mol. The van der Waals surface area contributed by atoms with Crippen molar-refractivity contribution >= 4 is 5.97 Å². The fourth-order valence-electron chi connectivity index (χ4n) is 1.32. The van der Waals surface area contributed by atoms with Crippen molar-refractivity contribution in [3.63, 3.8) is 0 Å². The highest BCUT2D eigenvalue weighted by Crippen LogP contribution is 2.22. The van der Waals surface area contributed by atoms with Gasteiger partial charge in [0, 0.05) is 6.20 Å². The maximum atomic E-state index is 12.0. The van der Waals surface area contributed by atoms with Gasteiger partial charge in [-0.05, 0) is 25.0 Å². The predicted molar refractivity (Wildman–Crippen MR) is 52.9 cm³/mol. The van der Waals surface area contributed by atoms with Crippen LogP contribution in [0.15, 0.2) is 24.4 Å². The first-order valence-corrected chi connectivity index (χ1v) is 4.61. The summed E-state index contributed by atoms with van der Waals surface area (Å²) in [5.41, 5.74) is 4.39. The van der Waals surface area contributed by atoms with E-state index >= 15 is 0 Å². The number of hydrogen-bond acceptors (Lipinski definition) is 3. The van der Waals surface area contributed by atoms with E-state index in [0.717, 1.165) is 0 Å². The molecule has 0 spiro atoms. The Labute approximate surface area is 86.9 Å². The zero-order valence-electron chi connectivity index (χ0n) is 8.19. The first-order chi connectivity index (χ1) is 7.11. The lowest BCUT2D eigenvalue weighted by atomic mass is 9.90. The Morgan fingerprint density at radius 1 is 1.60 bits per heavy atom. The van der Waals surface area contributed by atoms with Gasteiger partial charge in [-0.1, -0.05) is 6.07 Å². The first-order valence-electron chi connectivity index (χ1n) is 4.61. The van der Waals surface area contributed by atoms with Crippen molar-refractivity contribution in [3.05, 3.63) is 30.1 Å². The van der Waals surface area contributed by atoms with Crippen LogP contribution in [-0.2, 0) is 10.3 Å². The fourth-order valence-corrected chi connectivity index (χ4v) is 1.32. The van der Waals surface area contributed by atoms with Crippen LogP contribution >= 0.6 is 0 Å². The Hall–Kier alpha value is -1.49. The van der Waals surface area contributed by atoms with Crippen molar-refractivity contribution in [1.29, 1.82) is 0 Å². The minimum atomic E-state index is -1.59. The van der Waals surface area contributed by atoms with Crippen LogP contribution in [0.2, 0.25) is 0 Å². The second-order valence-corrected chi connectivity index (χ2v) is 3.28. The van der Waals surface area contributed by atoms with Gasteiger partial charge in [0.1, 0.15) is 0 Å². The molecule has 4 nitrogen and oxygen atoms in total. The Morgan fingerprint density at radius 3 is 2.80 bits per heavy atom. The van der Waals surface area contributed by atoms with Crippen LogP contribution in [0.4, 0.5) is 4.39 Å². The van der Waals surface area contributed by atoms with Gasteiger partial charge in [-0.25, -0.2) is 4.79 Å². The number of hydrogen-bond donors (Lipinski definition) is 2. The molecular formula is C10H13FN2O2. The molecule has 0 aliphatic carbocycles. The number of carboxylic acids is 1. The summed E-state index contributed by atoms with van der Waals surface area (Å²) < 4.78 is 12.0. The van der Waals surface area contributed by atoms with E-state index in [1.165, 1.54) is 12.3 Å². The van der Waals surface area contributed by atoms with Gasteiger partial charge in [-0.2, -0.15) is 0 Å². The molecule has 0 aromatic carbocycles. The van der Waals surface area contributed by atoms with Crippen LogP contribution in [-0.4, -0.2) is 22.7 Å². The zero-order chi connectivity index (χ0) is 11.3. The van der Waals surface area contributed by atoms with Crippen LogP contribution in [0, 0.1) is 0 Å². The van der Waals surface area contributed by atoms with E-state index < -0.39 is 18.2 Å². The maximum absolute atomic E-state index is 12.0. The standard InChI is InChI=1S/C10H13FN2O2/c11-6-3-5-10(12,9(14)15)8-4-1-2-7-13-8/h1-2,4,7H,3,5-6,12H2,(H,14,15). The Balaban J connectivity index is 2.96.